The van der Waals surface area contributed by atoms with Crippen LogP contribution in [0.5, 0.6) is 11.5 Å². The zero-order chi connectivity index (χ0) is 25.9. The van der Waals surface area contributed by atoms with Crippen molar-refractivity contribution in [3.05, 3.63) is 41.3 Å². The van der Waals surface area contributed by atoms with Gasteiger partial charge in [-0.2, -0.15) is 15.3 Å². The monoisotopic (exact) mass is 519 g/mol. The minimum Gasteiger partial charge on any atom is -0.454 e. The quantitative estimate of drug-likeness (QED) is 0.376. The molecule has 190 valence electrons. The van der Waals surface area contributed by atoms with Gasteiger partial charge in [0.25, 0.3) is 0 Å². The summed E-state index contributed by atoms with van der Waals surface area (Å²) in [7, 11) is 1.84. The number of fused-ring (bicyclic) bond motifs is 1. The Labute approximate surface area is 218 Å². The number of nitrogen functional groups attached to an aromatic ring is 1. The van der Waals surface area contributed by atoms with Gasteiger partial charge in [-0.1, -0.05) is 11.6 Å². The van der Waals surface area contributed by atoms with Crippen LogP contribution >= 0.6 is 11.6 Å². The van der Waals surface area contributed by atoms with Gasteiger partial charge >= 0.3 is 0 Å². The number of aromatic nitrogens is 6. The third-order valence-electron chi connectivity index (χ3n) is 7.18. The molecule has 4 aromatic heterocycles. The third kappa shape index (κ3) is 3.93. The Morgan fingerprint density at radius 1 is 1.30 bits per heavy atom. The Morgan fingerprint density at radius 2 is 2.08 bits per heavy atom. The molecule has 37 heavy (non-hydrogen) atoms. The van der Waals surface area contributed by atoms with Crippen LogP contribution in [-0.2, 0) is 17.2 Å². The first-order valence-electron chi connectivity index (χ1n) is 11.9. The number of nitriles is 1. The van der Waals surface area contributed by atoms with Crippen LogP contribution in [0.15, 0.2) is 30.6 Å². The van der Waals surface area contributed by atoms with E-state index < -0.39 is 5.41 Å². The average Bonchev–Trinajstić information content (AvgIpc) is 3.36. The Kier molecular flexibility index (Phi) is 5.29. The molecule has 1 saturated heterocycles. The number of nitrogens with zero attached hydrogens (tertiary/aromatic N) is 7. The van der Waals surface area contributed by atoms with Crippen molar-refractivity contribution in [2.24, 2.45) is 12.5 Å². The highest BCUT2D eigenvalue weighted by Crippen LogP contribution is 2.53. The van der Waals surface area contributed by atoms with Crippen molar-refractivity contribution in [2.75, 3.05) is 24.3 Å². The van der Waals surface area contributed by atoms with E-state index in [9.17, 15) is 5.26 Å². The minimum absolute atomic E-state index is 0.237. The standard InChI is InChI=1S/C25H26ClN9O2/c1-24(2,11-27)17-7-19(33-35(17)14-8-25(9-14)12-36-13-25)31-23-32-22-21(34(23)3)20(26)16(10-30-22)37-15-4-5-29-18(28)6-15/h4-7,10,14H,8-9,12-13H2,1-3H3,(H2,28,29)(H,30,31,32,33). The molecular formula is C25H26ClN9O2. The molecule has 0 aromatic carbocycles. The predicted molar refractivity (Wildman–Crippen MR) is 138 cm³/mol. The maximum atomic E-state index is 9.83. The number of hydrogen-bond acceptors (Lipinski definition) is 9. The molecule has 2 fully saturated rings. The van der Waals surface area contributed by atoms with Gasteiger partial charge < -0.3 is 25.1 Å². The van der Waals surface area contributed by atoms with Gasteiger partial charge in [0.2, 0.25) is 5.95 Å². The molecule has 1 aliphatic carbocycles. The molecule has 0 bridgehead atoms. The van der Waals surface area contributed by atoms with Crippen LogP contribution in [0.3, 0.4) is 0 Å². The third-order valence-corrected chi connectivity index (χ3v) is 7.55. The number of pyridine rings is 2. The van der Waals surface area contributed by atoms with Gasteiger partial charge in [0.05, 0.1) is 42.6 Å². The van der Waals surface area contributed by atoms with E-state index in [0.29, 0.717) is 45.3 Å². The fourth-order valence-electron chi connectivity index (χ4n) is 5.03. The van der Waals surface area contributed by atoms with Crippen molar-refractivity contribution in [1.82, 2.24) is 29.3 Å². The van der Waals surface area contributed by atoms with Gasteiger partial charge in [0, 0.05) is 30.8 Å². The molecule has 6 rings (SSSR count). The lowest BCUT2D eigenvalue weighted by molar-refractivity contribution is -0.176. The Morgan fingerprint density at radius 3 is 2.76 bits per heavy atom. The fourth-order valence-corrected chi connectivity index (χ4v) is 5.32. The van der Waals surface area contributed by atoms with Crippen molar-refractivity contribution in [3.63, 3.8) is 0 Å². The second-order valence-corrected chi connectivity index (χ2v) is 10.8. The van der Waals surface area contributed by atoms with Crippen molar-refractivity contribution >= 4 is 40.3 Å². The lowest BCUT2D eigenvalue weighted by Gasteiger charge is -2.53. The molecule has 11 nitrogen and oxygen atoms in total. The van der Waals surface area contributed by atoms with Gasteiger partial charge in [-0.15, -0.1) is 0 Å². The van der Waals surface area contributed by atoms with E-state index in [1.54, 1.807) is 22.9 Å². The number of aryl methyl sites for hydroxylation is 1. The Balaban J connectivity index is 1.31. The summed E-state index contributed by atoms with van der Waals surface area (Å²) < 4.78 is 15.1. The van der Waals surface area contributed by atoms with E-state index in [4.69, 9.17) is 31.9 Å². The van der Waals surface area contributed by atoms with Crippen LogP contribution < -0.4 is 15.8 Å². The van der Waals surface area contributed by atoms with E-state index in [1.807, 2.05) is 31.6 Å². The predicted octanol–water partition coefficient (Wildman–Crippen LogP) is 4.48. The molecule has 0 unspecified atom stereocenters. The van der Waals surface area contributed by atoms with Crippen LogP contribution in [0, 0.1) is 16.7 Å². The summed E-state index contributed by atoms with van der Waals surface area (Å²) in [5, 5.41) is 18.3. The summed E-state index contributed by atoms with van der Waals surface area (Å²) in [6.07, 6.45) is 5.08. The van der Waals surface area contributed by atoms with Crippen LogP contribution in [0.4, 0.5) is 17.6 Å². The first kappa shape index (κ1) is 23.5. The topological polar surface area (TPSA) is 142 Å². The lowest BCUT2D eigenvalue weighted by atomic mass is 9.64. The molecule has 1 saturated carbocycles. The van der Waals surface area contributed by atoms with Gasteiger partial charge in [-0.3, -0.25) is 4.68 Å². The summed E-state index contributed by atoms with van der Waals surface area (Å²) in [6.45, 7) is 5.42. The second kappa shape index (κ2) is 8.33. The van der Waals surface area contributed by atoms with Crippen molar-refractivity contribution in [2.45, 2.75) is 38.1 Å². The molecule has 3 N–H and O–H groups in total. The number of nitrogens with one attached hydrogen (secondary N) is 1. The van der Waals surface area contributed by atoms with Crippen molar-refractivity contribution in [3.8, 4) is 17.6 Å². The van der Waals surface area contributed by atoms with E-state index >= 15 is 0 Å². The maximum absolute atomic E-state index is 9.83. The second-order valence-electron chi connectivity index (χ2n) is 10.4. The highest BCUT2D eigenvalue weighted by Gasteiger charge is 2.51. The van der Waals surface area contributed by atoms with Crippen LogP contribution in [0.2, 0.25) is 5.02 Å². The zero-order valence-corrected chi connectivity index (χ0v) is 21.5. The Bertz CT molecular complexity index is 1560. The molecule has 5 heterocycles. The summed E-state index contributed by atoms with van der Waals surface area (Å²) in [4.78, 5) is 13.0. The molecule has 0 radical (unpaired) electrons. The number of imidazole rings is 1. The van der Waals surface area contributed by atoms with Crippen molar-refractivity contribution < 1.29 is 9.47 Å². The van der Waals surface area contributed by atoms with E-state index in [0.717, 1.165) is 31.7 Å². The van der Waals surface area contributed by atoms with Gasteiger partial charge in [0.1, 0.15) is 22.1 Å². The van der Waals surface area contributed by atoms with Gasteiger partial charge in [0.15, 0.2) is 17.2 Å². The fraction of sp³-hybridized carbons (Fsp3) is 0.400. The van der Waals surface area contributed by atoms with E-state index in [1.165, 1.54) is 6.20 Å². The van der Waals surface area contributed by atoms with Gasteiger partial charge in [-0.25, -0.2) is 9.97 Å². The smallest absolute Gasteiger partial charge is 0.210 e. The summed E-state index contributed by atoms with van der Waals surface area (Å²) in [5.41, 5.74) is 7.25. The van der Waals surface area contributed by atoms with E-state index in [2.05, 4.69) is 26.3 Å². The van der Waals surface area contributed by atoms with Crippen LogP contribution in [-0.4, -0.2) is 42.5 Å². The zero-order valence-electron chi connectivity index (χ0n) is 20.7. The molecule has 0 amide bonds. The first-order valence-corrected chi connectivity index (χ1v) is 12.3. The normalized spacial score (nSPS) is 16.8. The highest BCUT2D eigenvalue weighted by atomic mass is 35.5. The number of rotatable bonds is 6. The average molecular weight is 520 g/mol. The molecule has 2 aliphatic rings. The molecule has 1 spiro atoms. The number of nitrogens with two attached hydrogens (primary N) is 1. The van der Waals surface area contributed by atoms with Crippen molar-refractivity contribution in [1.29, 1.82) is 5.26 Å². The number of anilines is 3. The molecule has 12 heteroatoms. The SMILES string of the molecule is Cn1c(Nc2cc(C(C)(C)C#N)n(C3CC4(COC4)C3)n2)nc2ncc(Oc3ccnc(N)c3)c(Cl)c21. The summed E-state index contributed by atoms with van der Waals surface area (Å²) in [6, 6.07) is 7.86. The molecule has 4 aromatic rings. The lowest BCUT2D eigenvalue weighted by Crippen LogP contribution is -2.53. The number of hydrogen-bond donors (Lipinski definition) is 2. The number of halogens is 1. The molecule has 0 atom stereocenters. The highest BCUT2D eigenvalue weighted by molar-refractivity contribution is 6.36. The molecule has 1 aliphatic heterocycles. The first-order chi connectivity index (χ1) is 17.7. The number of ether oxygens (including phenoxy) is 2. The maximum Gasteiger partial charge on any atom is 0.210 e. The summed E-state index contributed by atoms with van der Waals surface area (Å²) >= 11 is 6.71. The van der Waals surface area contributed by atoms with Crippen LogP contribution in [0.1, 0.15) is 38.4 Å². The largest absolute Gasteiger partial charge is 0.454 e. The summed E-state index contributed by atoms with van der Waals surface area (Å²) in [5.74, 6) is 2.32. The Hall–Kier alpha value is -3.88. The minimum atomic E-state index is -0.703. The van der Waals surface area contributed by atoms with Crippen LogP contribution in [0.25, 0.3) is 11.2 Å². The van der Waals surface area contributed by atoms with Gasteiger partial charge in [-0.05, 0) is 32.8 Å². The van der Waals surface area contributed by atoms with E-state index in [-0.39, 0.29) is 11.5 Å². The molecular weight excluding hydrogens is 494 g/mol.